The van der Waals surface area contributed by atoms with Crippen LogP contribution in [-0.4, -0.2) is 60.4 Å². The van der Waals surface area contributed by atoms with Crippen molar-refractivity contribution in [3.63, 3.8) is 0 Å². The smallest absolute Gasteiger partial charge is 0.338 e. The molecule has 2 unspecified atom stereocenters. The Bertz CT molecular complexity index is 697. The molecular formula is C19H26O6S4. The zero-order chi connectivity index (χ0) is 21.8. The number of hydrogen-bond donors (Lipinski definition) is 4. The van der Waals surface area contributed by atoms with Gasteiger partial charge in [0.25, 0.3) is 0 Å². The van der Waals surface area contributed by atoms with Crippen molar-refractivity contribution < 1.29 is 28.5 Å². The predicted octanol–water partition coefficient (Wildman–Crippen LogP) is 3.18. The van der Waals surface area contributed by atoms with Crippen LogP contribution in [0.25, 0.3) is 0 Å². The van der Waals surface area contributed by atoms with E-state index in [0.717, 1.165) is 0 Å². The van der Waals surface area contributed by atoms with Crippen LogP contribution in [0.5, 0.6) is 11.5 Å². The first-order valence-electron chi connectivity index (χ1n) is 8.75. The molecule has 1 aromatic carbocycles. The Kier molecular flexibility index (Phi) is 12.5. The lowest BCUT2D eigenvalue weighted by atomic mass is 10.2. The van der Waals surface area contributed by atoms with Crippen LogP contribution in [0.2, 0.25) is 0 Å². The Balaban J connectivity index is 2.76. The fourth-order valence-electron chi connectivity index (χ4n) is 1.82. The van der Waals surface area contributed by atoms with Crippen LogP contribution >= 0.6 is 50.5 Å². The molecule has 162 valence electrons. The molecule has 0 heterocycles. The number of carbonyl (C=O) groups is 2. The van der Waals surface area contributed by atoms with Crippen LogP contribution < -0.4 is 9.47 Å². The van der Waals surface area contributed by atoms with E-state index in [2.05, 4.69) is 57.1 Å². The number of esters is 2. The Hall–Kier alpha value is -1.10. The maximum Gasteiger partial charge on any atom is 0.338 e. The predicted molar refractivity (Wildman–Crippen MR) is 127 cm³/mol. The van der Waals surface area contributed by atoms with E-state index >= 15 is 0 Å². The Morgan fingerprint density at radius 3 is 2.07 bits per heavy atom. The van der Waals surface area contributed by atoms with Crippen LogP contribution in [0, 0.1) is 0 Å². The highest BCUT2D eigenvalue weighted by atomic mass is 32.1. The maximum atomic E-state index is 12.3. The third-order valence-corrected chi connectivity index (χ3v) is 5.48. The van der Waals surface area contributed by atoms with Crippen molar-refractivity contribution in [2.75, 3.05) is 37.9 Å². The van der Waals surface area contributed by atoms with Crippen molar-refractivity contribution in [3.05, 3.63) is 35.9 Å². The minimum absolute atomic E-state index is 0.0483. The second-order valence-corrected chi connectivity index (χ2v) is 8.20. The first-order chi connectivity index (χ1) is 13.8. The summed E-state index contributed by atoms with van der Waals surface area (Å²) < 4.78 is 21.5. The molecule has 1 aromatic rings. The molecule has 0 saturated carbocycles. The van der Waals surface area contributed by atoms with Crippen molar-refractivity contribution in [1.82, 2.24) is 0 Å². The molecular weight excluding hydrogens is 452 g/mol. The SMILES string of the molecule is C=C(C)C(=O)OCCOC(=O)c1ccc(OCC(S)CS)c(OCC(S)CS)c1. The molecule has 2 atom stereocenters. The standard InChI is InChI=1S/C19H26O6S4/c1-12(2)18(20)22-5-6-23-19(21)13-3-4-16(24-8-14(28)10-26)17(7-13)25-9-15(29)11-27/h3-4,7,14-15,26-29H,1,5-6,8-11H2,2H3. The van der Waals surface area contributed by atoms with E-state index in [4.69, 9.17) is 18.9 Å². The molecule has 10 heteroatoms. The summed E-state index contributed by atoms with van der Waals surface area (Å²) in [5.41, 5.74) is 0.551. The van der Waals surface area contributed by atoms with Crippen LogP contribution in [0.15, 0.2) is 30.4 Å². The number of rotatable bonds is 13. The number of hydrogen-bond acceptors (Lipinski definition) is 10. The average Bonchev–Trinajstić information content (AvgIpc) is 2.72. The van der Waals surface area contributed by atoms with Gasteiger partial charge in [0, 0.05) is 27.6 Å². The molecule has 0 N–H and O–H groups in total. The lowest BCUT2D eigenvalue weighted by Gasteiger charge is -2.17. The van der Waals surface area contributed by atoms with Crippen molar-refractivity contribution in [2.45, 2.75) is 17.4 Å². The summed E-state index contributed by atoms with van der Waals surface area (Å²) in [6, 6.07) is 4.72. The van der Waals surface area contributed by atoms with E-state index < -0.39 is 11.9 Å². The average molecular weight is 479 g/mol. The van der Waals surface area contributed by atoms with Crippen LogP contribution in [0.1, 0.15) is 17.3 Å². The quantitative estimate of drug-likeness (QED) is 0.151. The Morgan fingerprint density at radius 2 is 1.52 bits per heavy atom. The number of ether oxygens (including phenoxy) is 4. The summed E-state index contributed by atoms with van der Waals surface area (Å²) in [4.78, 5) is 23.6. The summed E-state index contributed by atoms with van der Waals surface area (Å²) in [5, 5.41) is -0.132. The number of carbonyl (C=O) groups excluding carboxylic acids is 2. The van der Waals surface area contributed by atoms with E-state index in [1.807, 2.05) is 0 Å². The highest BCUT2D eigenvalue weighted by molar-refractivity contribution is 7.85. The zero-order valence-electron chi connectivity index (χ0n) is 16.1. The normalized spacial score (nSPS) is 12.6. The zero-order valence-corrected chi connectivity index (χ0v) is 19.7. The highest BCUT2D eigenvalue weighted by Gasteiger charge is 2.15. The van der Waals surface area contributed by atoms with Gasteiger partial charge in [0.2, 0.25) is 0 Å². The molecule has 0 saturated heterocycles. The van der Waals surface area contributed by atoms with Crippen LogP contribution in [-0.2, 0) is 14.3 Å². The summed E-state index contributed by atoms with van der Waals surface area (Å²) in [6.07, 6.45) is 0. The molecule has 0 radical (unpaired) electrons. The maximum absolute atomic E-state index is 12.3. The molecule has 0 aliphatic rings. The van der Waals surface area contributed by atoms with Crippen molar-refractivity contribution in [2.24, 2.45) is 0 Å². The van der Waals surface area contributed by atoms with Gasteiger partial charge in [0.1, 0.15) is 26.4 Å². The highest BCUT2D eigenvalue weighted by Crippen LogP contribution is 2.29. The van der Waals surface area contributed by atoms with Crippen molar-refractivity contribution in [3.8, 4) is 11.5 Å². The van der Waals surface area contributed by atoms with Gasteiger partial charge < -0.3 is 18.9 Å². The molecule has 0 aliphatic heterocycles. The summed E-state index contributed by atoms with van der Waals surface area (Å²) >= 11 is 17.0. The van der Waals surface area contributed by atoms with Gasteiger partial charge in [-0.3, -0.25) is 0 Å². The summed E-state index contributed by atoms with van der Waals surface area (Å²) in [5.74, 6) is 0.825. The van der Waals surface area contributed by atoms with Gasteiger partial charge in [-0.2, -0.15) is 50.5 Å². The summed E-state index contributed by atoms with van der Waals surface area (Å²) in [6.45, 7) is 5.50. The first kappa shape index (κ1) is 25.9. The van der Waals surface area contributed by atoms with Gasteiger partial charge in [-0.15, -0.1) is 0 Å². The van der Waals surface area contributed by atoms with Gasteiger partial charge in [-0.25, -0.2) is 9.59 Å². The fraction of sp³-hybridized carbons (Fsp3) is 0.474. The van der Waals surface area contributed by atoms with Gasteiger partial charge in [-0.1, -0.05) is 6.58 Å². The van der Waals surface area contributed by atoms with E-state index in [0.29, 0.717) is 29.6 Å². The molecule has 0 amide bonds. The minimum atomic E-state index is -0.577. The Labute approximate surface area is 193 Å². The molecule has 0 spiro atoms. The van der Waals surface area contributed by atoms with Gasteiger partial charge >= 0.3 is 11.9 Å². The molecule has 0 aromatic heterocycles. The van der Waals surface area contributed by atoms with E-state index in [1.54, 1.807) is 12.1 Å². The molecule has 0 bridgehead atoms. The Morgan fingerprint density at radius 1 is 0.966 bits per heavy atom. The monoisotopic (exact) mass is 478 g/mol. The number of benzene rings is 1. The van der Waals surface area contributed by atoms with Crippen molar-refractivity contribution >= 4 is 62.5 Å². The molecule has 29 heavy (non-hydrogen) atoms. The lowest BCUT2D eigenvalue weighted by Crippen LogP contribution is -2.17. The fourth-order valence-corrected chi connectivity index (χ4v) is 2.18. The minimum Gasteiger partial charge on any atom is -0.489 e. The van der Waals surface area contributed by atoms with Crippen LogP contribution in [0.3, 0.4) is 0 Å². The second kappa shape index (κ2) is 14.0. The first-order valence-corrected chi connectivity index (χ1v) is 11.1. The summed E-state index contributed by atoms with van der Waals surface area (Å²) in [7, 11) is 0. The molecule has 0 aliphatic carbocycles. The lowest BCUT2D eigenvalue weighted by molar-refractivity contribution is -0.140. The van der Waals surface area contributed by atoms with E-state index in [-0.39, 0.29) is 41.5 Å². The number of thiol groups is 4. The third kappa shape index (κ3) is 9.97. The molecule has 1 rings (SSSR count). The van der Waals surface area contributed by atoms with E-state index in [1.165, 1.54) is 13.0 Å². The third-order valence-electron chi connectivity index (χ3n) is 3.36. The molecule has 6 nitrogen and oxygen atoms in total. The van der Waals surface area contributed by atoms with Gasteiger partial charge in [0.15, 0.2) is 11.5 Å². The second-order valence-electron chi connectivity index (χ2n) is 6.01. The largest absolute Gasteiger partial charge is 0.489 e. The molecule has 0 fully saturated rings. The van der Waals surface area contributed by atoms with Crippen molar-refractivity contribution in [1.29, 1.82) is 0 Å². The topological polar surface area (TPSA) is 71.1 Å². The van der Waals surface area contributed by atoms with Gasteiger partial charge in [-0.05, 0) is 25.1 Å². The van der Waals surface area contributed by atoms with E-state index in [9.17, 15) is 9.59 Å². The van der Waals surface area contributed by atoms with Gasteiger partial charge in [0.05, 0.1) is 5.56 Å². The van der Waals surface area contributed by atoms with Crippen LogP contribution in [0.4, 0.5) is 0 Å².